The molecule has 0 saturated heterocycles. The van der Waals surface area contributed by atoms with Gasteiger partial charge >= 0.3 is 0 Å². The zero-order chi connectivity index (χ0) is 14.4. The van der Waals surface area contributed by atoms with Crippen LogP contribution in [0, 0.1) is 11.7 Å². The Balaban J connectivity index is 1.93. The van der Waals surface area contributed by atoms with E-state index in [9.17, 15) is 4.39 Å². The van der Waals surface area contributed by atoms with Crippen LogP contribution in [0.3, 0.4) is 0 Å². The molecule has 1 nitrogen and oxygen atoms in total. The molecule has 0 heterocycles. The predicted octanol–water partition coefficient (Wildman–Crippen LogP) is 4.72. The van der Waals surface area contributed by atoms with Gasteiger partial charge in [-0.3, -0.25) is 0 Å². The highest BCUT2D eigenvalue weighted by molar-refractivity contribution is 7.99. The van der Waals surface area contributed by atoms with Crippen LogP contribution in [-0.4, -0.2) is 6.54 Å². The van der Waals surface area contributed by atoms with Crippen molar-refractivity contribution >= 4 is 11.8 Å². The lowest BCUT2D eigenvalue weighted by atomic mass is 10.2. The van der Waals surface area contributed by atoms with Gasteiger partial charge in [0.1, 0.15) is 5.82 Å². The fourth-order valence-electron chi connectivity index (χ4n) is 1.83. The maximum Gasteiger partial charge on any atom is 0.137 e. The minimum Gasteiger partial charge on any atom is -0.312 e. The van der Waals surface area contributed by atoms with Gasteiger partial charge in [0, 0.05) is 16.3 Å². The molecule has 0 atom stereocenters. The molecule has 3 heteroatoms. The zero-order valence-electron chi connectivity index (χ0n) is 11.9. The Hall–Kier alpha value is -1.32. The van der Waals surface area contributed by atoms with E-state index in [0.717, 1.165) is 18.0 Å². The number of benzene rings is 2. The Bertz CT molecular complexity index is 537. The van der Waals surface area contributed by atoms with Crippen LogP contribution in [0.1, 0.15) is 19.4 Å². The van der Waals surface area contributed by atoms with Crippen LogP contribution in [0.25, 0.3) is 0 Å². The summed E-state index contributed by atoms with van der Waals surface area (Å²) in [6.45, 7) is 6.29. The Morgan fingerprint density at radius 1 is 1.05 bits per heavy atom. The first-order valence-electron chi connectivity index (χ1n) is 6.87. The second-order valence-corrected chi connectivity index (χ2v) is 6.32. The summed E-state index contributed by atoms with van der Waals surface area (Å²) >= 11 is 1.46. The molecule has 0 bridgehead atoms. The monoisotopic (exact) mass is 289 g/mol. The molecular weight excluding hydrogens is 269 g/mol. The highest BCUT2D eigenvalue weighted by atomic mass is 32.2. The summed E-state index contributed by atoms with van der Waals surface area (Å²) in [4.78, 5) is 1.72. The van der Waals surface area contributed by atoms with Gasteiger partial charge in [0.25, 0.3) is 0 Å². The molecule has 0 aliphatic rings. The SMILES string of the molecule is CC(C)CNCc1ccc(Sc2ccccc2F)cc1. The van der Waals surface area contributed by atoms with E-state index in [1.807, 2.05) is 18.2 Å². The Kier molecular flexibility index (Phi) is 5.62. The normalized spacial score (nSPS) is 11.0. The van der Waals surface area contributed by atoms with Crippen LogP contribution in [0.15, 0.2) is 58.3 Å². The van der Waals surface area contributed by atoms with Crippen LogP contribution >= 0.6 is 11.8 Å². The molecule has 2 aromatic carbocycles. The molecule has 0 aromatic heterocycles. The van der Waals surface area contributed by atoms with Gasteiger partial charge < -0.3 is 5.32 Å². The standard InChI is InChI=1S/C17H20FNS/c1-13(2)11-19-12-14-7-9-15(10-8-14)20-17-6-4-3-5-16(17)18/h3-10,13,19H,11-12H2,1-2H3. The fourth-order valence-corrected chi connectivity index (χ4v) is 2.67. The third-order valence-corrected chi connectivity index (χ3v) is 3.93. The van der Waals surface area contributed by atoms with Crippen LogP contribution in [0.4, 0.5) is 4.39 Å². The van der Waals surface area contributed by atoms with Crippen molar-refractivity contribution in [1.29, 1.82) is 0 Å². The highest BCUT2D eigenvalue weighted by Gasteiger charge is 2.03. The maximum absolute atomic E-state index is 13.6. The smallest absolute Gasteiger partial charge is 0.137 e. The number of hydrogen-bond donors (Lipinski definition) is 1. The van der Waals surface area contributed by atoms with E-state index >= 15 is 0 Å². The fraction of sp³-hybridized carbons (Fsp3) is 0.294. The summed E-state index contributed by atoms with van der Waals surface area (Å²) in [5.74, 6) is 0.492. The maximum atomic E-state index is 13.6. The van der Waals surface area contributed by atoms with Crippen molar-refractivity contribution in [3.05, 3.63) is 59.9 Å². The lowest BCUT2D eigenvalue weighted by Gasteiger charge is -2.08. The van der Waals surface area contributed by atoms with E-state index in [2.05, 4.69) is 31.3 Å². The van der Waals surface area contributed by atoms with Crippen molar-refractivity contribution in [2.24, 2.45) is 5.92 Å². The van der Waals surface area contributed by atoms with E-state index in [0.29, 0.717) is 10.8 Å². The highest BCUT2D eigenvalue weighted by Crippen LogP contribution is 2.29. The Morgan fingerprint density at radius 2 is 1.75 bits per heavy atom. The number of nitrogens with one attached hydrogen (secondary N) is 1. The number of halogens is 1. The summed E-state index contributed by atoms with van der Waals surface area (Å²) in [7, 11) is 0. The van der Waals surface area contributed by atoms with Gasteiger partial charge in [0.2, 0.25) is 0 Å². The first-order valence-corrected chi connectivity index (χ1v) is 7.69. The quantitative estimate of drug-likeness (QED) is 0.825. The van der Waals surface area contributed by atoms with Crippen LogP contribution in [-0.2, 0) is 6.54 Å². The molecule has 1 N–H and O–H groups in total. The van der Waals surface area contributed by atoms with Crippen LogP contribution in [0.5, 0.6) is 0 Å². The van der Waals surface area contributed by atoms with Gasteiger partial charge in [-0.1, -0.05) is 49.9 Å². The Morgan fingerprint density at radius 3 is 2.40 bits per heavy atom. The molecule has 0 radical (unpaired) electrons. The second kappa shape index (κ2) is 7.46. The first kappa shape index (κ1) is 15.1. The molecule has 2 rings (SSSR count). The van der Waals surface area contributed by atoms with Crippen molar-refractivity contribution in [3.63, 3.8) is 0 Å². The Labute approximate surface area is 124 Å². The lowest BCUT2D eigenvalue weighted by molar-refractivity contribution is 0.552. The van der Waals surface area contributed by atoms with Gasteiger partial charge in [-0.2, -0.15) is 0 Å². The summed E-state index contributed by atoms with van der Waals surface area (Å²) < 4.78 is 13.6. The number of rotatable bonds is 6. The summed E-state index contributed by atoms with van der Waals surface area (Å²) in [5.41, 5.74) is 1.25. The van der Waals surface area contributed by atoms with E-state index in [1.165, 1.54) is 23.4 Å². The van der Waals surface area contributed by atoms with Crippen molar-refractivity contribution in [1.82, 2.24) is 5.32 Å². The predicted molar refractivity (Wildman–Crippen MR) is 83.5 cm³/mol. The summed E-state index contributed by atoms with van der Waals surface area (Å²) in [5, 5.41) is 3.41. The van der Waals surface area contributed by atoms with E-state index in [-0.39, 0.29) is 5.82 Å². The molecule has 0 aliphatic carbocycles. The molecule has 20 heavy (non-hydrogen) atoms. The topological polar surface area (TPSA) is 12.0 Å². The molecule has 106 valence electrons. The minimum atomic E-state index is -0.167. The van der Waals surface area contributed by atoms with Crippen LogP contribution < -0.4 is 5.32 Å². The molecule has 0 aliphatic heterocycles. The third-order valence-electron chi connectivity index (χ3n) is 2.87. The van der Waals surface area contributed by atoms with Crippen molar-refractivity contribution in [3.8, 4) is 0 Å². The van der Waals surface area contributed by atoms with E-state index < -0.39 is 0 Å². The van der Waals surface area contributed by atoms with Crippen LogP contribution in [0.2, 0.25) is 0 Å². The first-order chi connectivity index (χ1) is 9.65. The van der Waals surface area contributed by atoms with Crippen molar-refractivity contribution in [2.45, 2.75) is 30.2 Å². The van der Waals surface area contributed by atoms with Gasteiger partial charge in [-0.25, -0.2) is 4.39 Å². The van der Waals surface area contributed by atoms with Gasteiger partial charge in [-0.05, 0) is 42.3 Å². The molecule has 0 amide bonds. The zero-order valence-corrected chi connectivity index (χ0v) is 12.7. The molecule has 0 unspecified atom stereocenters. The average Bonchev–Trinajstić information content (AvgIpc) is 2.43. The largest absolute Gasteiger partial charge is 0.312 e. The average molecular weight is 289 g/mol. The second-order valence-electron chi connectivity index (χ2n) is 5.20. The molecule has 0 saturated carbocycles. The molecule has 0 spiro atoms. The van der Waals surface area contributed by atoms with E-state index in [4.69, 9.17) is 0 Å². The molecule has 2 aromatic rings. The molecular formula is C17H20FNS. The molecule has 0 fully saturated rings. The summed E-state index contributed by atoms with van der Waals surface area (Å²) in [6, 6.07) is 15.1. The summed E-state index contributed by atoms with van der Waals surface area (Å²) in [6.07, 6.45) is 0. The number of hydrogen-bond acceptors (Lipinski definition) is 2. The van der Waals surface area contributed by atoms with Gasteiger partial charge in [0.15, 0.2) is 0 Å². The van der Waals surface area contributed by atoms with Gasteiger partial charge in [-0.15, -0.1) is 0 Å². The van der Waals surface area contributed by atoms with Crippen molar-refractivity contribution < 1.29 is 4.39 Å². The van der Waals surface area contributed by atoms with E-state index in [1.54, 1.807) is 12.1 Å². The minimum absolute atomic E-state index is 0.167. The van der Waals surface area contributed by atoms with Crippen molar-refractivity contribution in [2.75, 3.05) is 6.54 Å². The lowest BCUT2D eigenvalue weighted by Crippen LogP contribution is -2.18. The van der Waals surface area contributed by atoms with Gasteiger partial charge in [0.05, 0.1) is 0 Å². The third kappa shape index (κ3) is 4.66.